The van der Waals surface area contributed by atoms with Crippen molar-refractivity contribution in [1.82, 2.24) is 0 Å². The van der Waals surface area contributed by atoms with E-state index in [0.29, 0.717) is 17.5 Å². The number of halogens is 6. The van der Waals surface area contributed by atoms with Crippen LogP contribution in [0.25, 0.3) is 10.8 Å². The molecule has 0 bridgehead atoms. The molecule has 0 saturated heterocycles. The van der Waals surface area contributed by atoms with E-state index in [-0.39, 0.29) is 11.1 Å². The molecule has 0 atom stereocenters. The monoisotopic (exact) mass is 574 g/mol. The summed E-state index contributed by atoms with van der Waals surface area (Å²) in [7, 11) is 0. The third kappa shape index (κ3) is 8.92. The van der Waals surface area contributed by atoms with Crippen LogP contribution in [0.15, 0.2) is 42.5 Å². The molecule has 0 heterocycles. The van der Waals surface area contributed by atoms with Crippen LogP contribution >= 0.6 is 0 Å². The predicted molar refractivity (Wildman–Crippen MR) is 150 cm³/mol. The Balaban J connectivity index is 1.34. The van der Waals surface area contributed by atoms with Gasteiger partial charge in [0.15, 0.2) is 11.6 Å². The van der Waals surface area contributed by atoms with E-state index in [4.69, 9.17) is 0 Å². The highest BCUT2D eigenvalue weighted by molar-refractivity contribution is 5.85. The fraction of sp³-hybridized carbons (Fsp3) is 0.471. The van der Waals surface area contributed by atoms with Crippen molar-refractivity contribution in [2.45, 2.75) is 90.3 Å². The zero-order chi connectivity index (χ0) is 29.4. The Morgan fingerprint density at radius 1 is 0.780 bits per heavy atom. The Bertz CT molecular complexity index is 1350. The Labute approximate surface area is 238 Å². The molecule has 1 fully saturated rings. The minimum atomic E-state index is -5.24. The van der Waals surface area contributed by atoms with Gasteiger partial charge >= 0.3 is 6.36 Å². The number of unbranched alkanes of at least 4 members (excludes halogenated alkanes) is 4. The lowest BCUT2D eigenvalue weighted by Gasteiger charge is -2.28. The molecule has 1 nitrogen and oxygen atoms in total. The topological polar surface area (TPSA) is 9.23 Å². The number of ether oxygens (including phenoxy) is 1. The van der Waals surface area contributed by atoms with Gasteiger partial charge in [-0.15, -0.1) is 13.2 Å². The average Bonchev–Trinajstić information content (AvgIpc) is 2.93. The SMILES string of the molecule is CCCCCCCC1CCC(CCc2ccc3c(F)c(C#Cc4cc(F)c(OC(F)(F)F)c(F)c4)ccc3c2)CC1. The van der Waals surface area contributed by atoms with Gasteiger partial charge in [0, 0.05) is 10.9 Å². The maximum Gasteiger partial charge on any atom is 0.573 e. The zero-order valence-corrected chi connectivity index (χ0v) is 23.4. The Kier molecular flexibility index (Phi) is 10.6. The standard InChI is InChI=1S/C34H36F6O/c1-2-3-4-5-6-7-23-8-10-24(11-9-23)12-13-25-15-19-29-28(20-25)18-17-27(32(29)37)16-14-26-21-30(35)33(31(36)22-26)41-34(38,39)40/h15,17-24H,2-13H2,1H3. The normalized spacial score (nSPS) is 17.3. The van der Waals surface area contributed by atoms with E-state index in [1.165, 1.54) is 70.3 Å². The first-order chi connectivity index (χ1) is 19.6. The summed E-state index contributed by atoms with van der Waals surface area (Å²) < 4.78 is 83.5. The summed E-state index contributed by atoms with van der Waals surface area (Å²) in [5.74, 6) is 1.35. The Morgan fingerprint density at radius 3 is 2.10 bits per heavy atom. The fourth-order valence-corrected chi connectivity index (χ4v) is 5.79. The van der Waals surface area contributed by atoms with E-state index in [2.05, 4.69) is 23.5 Å². The minimum absolute atomic E-state index is 0.0174. The van der Waals surface area contributed by atoms with Crippen LogP contribution in [-0.4, -0.2) is 6.36 Å². The van der Waals surface area contributed by atoms with E-state index in [9.17, 15) is 22.0 Å². The van der Waals surface area contributed by atoms with Crippen molar-refractivity contribution in [3.05, 3.63) is 76.6 Å². The van der Waals surface area contributed by atoms with Crippen LogP contribution < -0.4 is 4.74 Å². The van der Waals surface area contributed by atoms with Crippen molar-refractivity contribution in [2.24, 2.45) is 11.8 Å². The summed E-state index contributed by atoms with van der Waals surface area (Å²) in [6.07, 6.45) is 10.1. The van der Waals surface area contributed by atoms with Crippen LogP contribution in [0.4, 0.5) is 26.3 Å². The first-order valence-electron chi connectivity index (χ1n) is 14.6. The predicted octanol–water partition coefficient (Wildman–Crippen LogP) is 10.7. The van der Waals surface area contributed by atoms with Gasteiger partial charge in [0.25, 0.3) is 0 Å². The van der Waals surface area contributed by atoms with Crippen LogP contribution in [0.2, 0.25) is 0 Å². The Hall–Kier alpha value is -3.14. The van der Waals surface area contributed by atoms with Crippen molar-refractivity contribution in [3.63, 3.8) is 0 Å². The highest BCUT2D eigenvalue weighted by atomic mass is 19.4. The van der Waals surface area contributed by atoms with Crippen LogP contribution in [0, 0.1) is 41.1 Å². The van der Waals surface area contributed by atoms with Crippen LogP contribution in [0.5, 0.6) is 5.75 Å². The van der Waals surface area contributed by atoms with E-state index in [1.807, 2.05) is 12.1 Å². The lowest BCUT2D eigenvalue weighted by atomic mass is 9.77. The number of fused-ring (bicyclic) bond motifs is 1. The Morgan fingerprint density at radius 2 is 1.44 bits per heavy atom. The van der Waals surface area contributed by atoms with Gasteiger partial charge in [0.2, 0.25) is 5.75 Å². The second-order valence-corrected chi connectivity index (χ2v) is 11.2. The van der Waals surface area contributed by atoms with Gasteiger partial charge in [0.05, 0.1) is 5.56 Å². The van der Waals surface area contributed by atoms with Crippen molar-refractivity contribution in [1.29, 1.82) is 0 Å². The van der Waals surface area contributed by atoms with Gasteiger partial charge < -0.3 is 4.74 Å². The van der Waals surface area contributed by atoms with Crippen LogP contribution in [0.1, 0.15) is 94.2 Å². The second kappa shape index (κ2) is 14.2. The second-order valence-electron chi connectivity index (χ2n) is 11.2. The molecule has 0 N–H and O–H groups in total. The quantitative estimate of drug-likeness (QED) is 0.133. The summed E-state index contributed by atoms with van der Waals surface area (Å²) >= 11 is 0. The summed E-state index contributed by atoms with van der Waals surface area (Å²) in [4.78, 5) is 0. The lowest BCUT2D eigenvalue weighted by Crippen LogP contribution is -2.19. The molecule has 7 heteroatoms. The maximum atomic E-state index is 15.2. The molecule has 4 rings (SSSR count). The third-order valence-corrected chi connectivity index (χ3v) is 8.10. The molecule has 0 unspecified atom stereocenters. The number of hydrogen-bond donors (Lipinski definition) is 0. The van der Waals surface area contributed by atoms with E-state index in [0.717, 1.165) is 35.6 Å². The molecule has 0 spiro atoms. The molecular weight excluding hydrogens is 538 g/mol. The summed E-state index contributed by atoms with van der Waals surface area (Å²) in [6.45, 7) is 2.25. The minimum Gasteiger partial charge on any atom is -0.399 e. The number of aryl methyl sites for hydroxylation is 1. The largest absolute Gasteiger partial charge is 0.573 e. The van der Waals surface area contributed by atoms with E-state index in [1.54, 1.807) is 12.1 Å². The molecule has 41 heavy (non-hydrogen) atoms. The first kappa shape index (κ1) is 30.8. The number of benzene rings is 3. The molecule has 0 aromatic heterocycles. The first-order valence-corrected chi connectivity index (χ1v) is 14.6. The van der Waals surface area contributed by atoms with Gasteiger partial charge in [-0.05, 0) is 53.8 Å². The molecule has 0 aliphatic heterocycles. The molecular formula is C34H36F6O. The van der Waals surface area contributed by atoms with E-state index < -0.39 is 29.6 Å². The van der Waals surface area contributed by atoms with Gasteiger partial charge in [-0.25, -0.2) is 13.2 Å². The van der Waals surface area contributed by atoms with Crippen molar-refractivity contribution in [2.75, 3.05) is 0 Å². The number of hydrogen-bond acceptors (Lipinski definition) is 1. The maximum absolute atomic E-state index is 15.2. The lowest BCUT2D eigenvalue weighted by molar-refractivity contribution is -0.276. The molecule has 3 aromatic rings. The summed E-state index contributed by atoms with van der Waals surface area (Å²) in [5.41, 5.74) is 0.926. The van der Waals surface area contributed by atoms with Crippen molar-refractivity contribution in [3.8, 4) is 17.6 Å². The van der Waals surface area contributed by atoms with Gasteiger partial charge in [-0.2, -0.15) is 0 Å². The van der Waals surface area contributed by atoms with Crippen LogP contribution in [-0.2, 0) is 6.42 Å². The third-order valence-electron chi connectivity index (χ3n) is 8.10. The average molecular weight is 575 g/mol. The molecule has 1 aliphatic rings. The molecule has 1 saturated carbocycles. The van der Waals surface area contributed by atoms with Gasteiger partial charge in [-0.3, -0.25) is 0 Å². The van der Waals surface area contributed by atoms with Crippen molar-refractivity contribution < 1.29 is 31.1 Å². The van der Waals surface area contributed by atoms with Crippen molar-refractivity contribution >= 4 is 10.8 Å². The molecule has 0 amide bonds. The highest BCUT2D eigenvalue weighted by Gasteiger charge is 2.34. The fourth-order valence-electron chi connectivity index (χ4n) is 5.79. The van der Waals surface area contributed by atoms with Gasteiger partial charge in [-0.1, -0.05) is 107 Å². The molecule has 3 aromatic carbocycles. The van der Waals surface area contributed by atoms with Gasteiger partial charge in [0.1, 0.15) is 5.82 Å². The summed E-state index contributed by atoms with van der Waals surface area (Å²) in [6, 6.07) is 10.1. The summed E-state index contributed by atoms with van der Waals surface area (Å²) in [5, 5.41) is 1.12. The highest BCUT2D eigenvalue weighted by Crippen LogP contribution is 2.35. The number of alkyl halides is 3. The molecule has 220 valence electrons. The zero-order valence-electron chi connectivity index (χ0n) is 23.4. The number of rotatable bonds is 10. The van der Waals surface area contributed by atoms with E-state index >= 15 is 4.39 Å². The molecule has 1 aliphatic carbocycles. The smallest absolute Gasteiger partial charge is 0.399 e. The van der Waals surface area contributed by atoms with Crippen LogP contribution in [0.3, 0.4) is 0 Å². The molecule has 0 radical (unpaired) electrons.